The highest BCUT2D eigenvalue weighted by Crippen LogP contribution is 2.20. The summed E-state index contributed by atoms with van der Waals surface area (Å²) in [5, 5.41) is 17.3. The van der Waals surface area contributed by atoms with Gasteiger partial charge >= 0.3 is 12.0 Å². The first-order valence-corrected chi connectivity index (χ1v) is 14.7. The van der Waals surface area contributed by atoms with Crippen LogP contribution in [0.25, 0.3) is 10.8 Å². The van der Waals surface area contributed by atoms with Gasteiger partial charge < -0.3 is 30.3 Å². The number of nitrogens with one attached hydrogen (secondary N) is 2. The van der Waals surface area contributed by atoms with Crippen LogP contribution in [0.15, 0.2) is 54.7 Å². The van der Waals surface area contributed by atoms with Crippen LogP contribution in [0.2, 0.25) is 5.02 Å². The van der Waals surface area contributed by atoms with Gasteiger partial charge in [0.25, 0.3) is 0 Å². The van der Waals surface area contributed by atoms with Gasteiger partial charge in [-0.15, -0.1) is 0 Å². The summed E-state index contributed by atoms with van der Waals surface area (Å²) in [5.74, 6) is -1.14. The molecule has 2 aromatic carbocycles. The Kier molecular flexibility index (Phi) is 11.7. The number of aromatic nitrogens is 1. The molecule has 1 aliphatic rings. The molecule has 12 heteroatoms. The predicted molar refractivity (Wildman–Crippen MR) is 161 cm³/mol. The number of carbonyl (C=O) groups excluding carboxylic acids is 3. The summed E-state index contributed by atoms with van der Waals surface area (Å²) in [7, 11) is 1.55. The van der Waals surface area contributed by atoms with Crippen LogP contribution in [0.4, 0.5) is 9.18 Å². The first-order chi connectivity index (χ1) is 20.7. The van der Waals surface area contributed by atoms with Crippen molar-refractivity contribution in [3.8, 4) is 0 Å². The standard InChI is InChI=1S/C31H37ClFN5O5/c1-37(31(42)36-17-23-7-4-8-27(33)30(23)32)26(10-11-28(40)38-14-13-34-25(18-38)19-39)20-43-29(41)12-9-24-15-21-5-2-3-6-22(21)16-35-24/h2-8,15-16,25-26,34,39H,9-14,17-20H2,1H3,(H,36,42)/t25-,26+/m1/s1. The van der Waals surface area contributed by atoms with Crippen LogP contribution >= 0.6 is 11.6 Å². The number of aliphatic hydroxyl groups is 1. The fourth-order valence-corrected chi connectivity index (χ4v) is 5.11. The van der Waals surface area contributed by atoms with E-state index in [0.717, 1.165) is 16.5 Å². The fourth-order valence-electron chi connectivity index (χ4n) is 4.91. The molecule has 2 heterocycles. The highest BCUT2D eigenvalue weighted by molar-refractivity contribution is 6.31. The van der Waals surface area contributed by atoms with Gasteiger partial charge in [0.05, 0.1) is 24.1 Å². The number of fused-ring (bicyclic) bond motifs is 1. The molecule has 2 atom stereocenters. The number of ether oxygens (including phenoxy) is 1. The number of aliphatic hydroxyl groups excluding tert-OH is 1. The molecule has 1 fully saturated rings. The number of hydrogen-bond donors (Lipinski definition) is 3. The number of aryl methyl sites for hydroxylation is 1. The second kappa shape index (κ2) is 15.6. The average Bonchev–Trinajstić information content (AvgIpc) is 3.03. The van der Waals surface area contributed by atoms with E-state index >= 15 is 0 Å². The van der Waals surface area contributed by atoms with E-state index in [1.165, 1.54) is 17.0 Å². The normalized spacial score (nSPS) is 15.6. The van der Waals surface area contributed by atoms with Crippen molar-refractivity contribution in [3.05, 3.63) is 76.8 Å². The summed E-state index contributed by atoms with van der Waals surface area (Å²) < 4.78 is 19.4. The molecule has 1 aliphatic heterocycles. The van der Waals surface area contributed by atoms with Crippen LogP contribution in [0.3, 0.4) is 0 Å². The summed E-state index contributed by atoms with van der Waals surface area (Å²) in [6.07, 6.45) is 2.64. The van der Waals surface area contributed by atoms with Crippen LogP contribution in [0, 0.1) is 5.82 Å². The molecule has 0 radical (unpaired) electrons. The number of likely N-dealkylation sites (N-methyl/N-ethyl adjacent to an activating group) is 1. The fraction of sp³-hybridized carbons (Fsp3) is 0.419. The van der Waals surface area contributed by atoms with Crippen molar-refractivity contribution >= 4 is 40.3 Å². The third-order valence-electron chi connectivity index (χ3n) is 7.56. The Morgan fingerprint density at radius 2 is 2.00 bits per heavy atom. The maximum absolute atomic E-state index is 13.8. The number of piperazine rings is 1. The Hall–Kier alpha value is -3.80. The van der Waals surface area contributed by atoms with Crippen molar-refractivity contribution in [2.45, 2.75) is 44.3 Å². The number of amides is 3. The monoisotopic (exact) mass is 613 g/mol. The number of hydrogen-bond acceptors (Lipinski definition) is 7. The van der Waals surface area contributed by atoms with E-state index in [-0.39, 0.29) is 56.0 Å². The van der Waals surface area contributed by atoms with Crippen molar-refractivity contribution in [3.63, 3.8) is 0 Å². The van der Waals surface area contributed by atoms with E-state index in [1.54, 1.807) is 24.2 Å². The van der Waals surface area contributed by atoms with E-state index in [1.807, 2.05) is 30.3 Å². The van der Waals surface area contributed by atoms with Crippen LogP contribution in [-0.4, -0.2) is 89.8 Å². The van der Waals surface area contributed by atoms with E-state index in [9.17, 15) is 23.9 Å². The first-order valence-electron chi connectivity index (χ1n) is 14.3. The number of rotatable bonds is 12. The van der Waals surface area contributed by atoms with Crippen molar-refractivity contribution in [1.82, 2.24) is 25.4 Å². The molecular weight excluding hydrogens is 577 g/mol. The molecule has 43 heavy (non-hydrogen) atoms. The molecule has 230 valence electrons. The minimum atomic E-state index is -0.605. The smallest absolute Gasteiger partial charge is 0.317 e. The van der Waals surface area contributed by atoms with Gasteiger partial charge in [-0.3, -0.25) is 14.6 Å². The number of pyridine rings is 1. The molecule has 3 N–H and O–H groups in total. The Morgan fingerprint density at radius 3 is 2.79 bits per heavy atom. The largest absolute Gasteiger partial charge is 0.463 e. The van der Waals surface area contributed by atoms with Crippen molar-refractivity contribution < 1.29 is 28.6 Å². The van der Waals surface area contributed by atoms with E-state index in [4.69, 9.17) is 16.3 Å². The van der Waals surface area contributed by atoms with E-state index in [2.05, 4.69) is 15.6 Å². The molecule has 4 rings (SSSR count). The zero-order chi connectivity index (χ0) is 30.8. The van der Waals surface area contributed by atoms with Gasteiger partial charge in [-0.25, -0.2) is 9.18 Å². The molecule has 0 bridgehead atoms. The minimum absolute atomic E-state index is 0.00666. The van der Waals surface area contributed by atoms with Gasteiger partial charge in [0.1, 0.15) is 12.4 Å². The van der Waals surface area contributed by atoms with Crippen LogP contribution in [-0.2, 0) is 27.3 Å². The average molecular weight is 614 g/mol. The quantitative estimate of drug-likeness (QED) is 0.268. The lowest BCUT2D eigenvalue weighted by Gasteiger charge is -2.34. The number of nitrogens with zero attached hydrogens (tertiary/aromatic N) is 3. The summed E-state index contributed by atoms with van der Waals surface area (Å²) in [6, 6.07) is 12.8. The Morgan fingerprint density at radius 1 is 1.21 bits per heavy atom. The Bertz CT molecular complexity index is 1430. The lowest BCUT2D eigenvalue weighted by molar-refractivity contribution is -0.145. The SMILES string of the molecule is CN(C(=O)NCc1cccc(F)c1Cl)[C@@H](CCC(=O)N1CCN[C@@H](CO)C1)COC(=O)CCc1cc2ccccc2cn1. The predicted octanol–water partition coefficient (Wildman–Crippen LogP) is 3.29. The van der Waals surface area contributed by atoms with E-state index < -0.39 is 23.9 Å². The number of benzene rings is 2. The molecule has 0 saturated carbocycles. The maximum Gasteiger partial charge on any atom is 0.317 e. The molecule has 3 aromatic rings. The second-order valence-electron chi connectivity index (χ2n) is 10.6. The van der Waals surface area contributed by atoms with Gasteiger partial charge in [0.2, 0.25) is 5.91 Å². The van der Waals surface area contributed by atoms with Crippen molar-refractivity contribution in [2.75, 3.05) is 39.9 Å². The van der Waals surface area contributed by atoms with Crippen molar-refractivity contribution in [1.29, 1.82) is 0 Å². The highest BCUT2D eigenvalue weighted by atomic mass is 35.5. The van der Waals surface area contributed by atoms with Crippen molar-refractivity contribution in [2.24, 2.45) is 0 Å². The summed E-state index contributed by atoms with van der Waals surface area (Å²) in [4.78, 5) is 46.2. The van der Waals surface area contributed by atoms with E-state index in [0.29, 0.717) is 31.6 Å². The maximum atomic E-state index is 13.8. The topological polar surface area (TPSA) is 124 Å². The number of esters is 1. The zero-order valence-corrected chi connectivity index (χ0v) is 24.9. The lowest BCUT2D eigenvalue weighted by Crippen LogP contribution is -2.54. The van der Waals surface area contributed by atoms with Crippen LogP contribution in [0.5, 0.6) is 0 Å². The van der Waals surface area contributed by atoms with Gasteiger partial charge in [0, 0.05) is 69.4 Å². The van der Waals surface area contributed by atoms with Gasteiger partial charge in [-0.2, -0.15) is 0 Å². The lowest BCUT2D eigenvalue weighted by atomic mass is 10.1. The van der Waals surface area contributed by atoms with Gasteiger partial charge in [-0.05, 0) is 29.5 Å². The van der Waals surface area contributed by atoms with Gasteiger partial charge in [-0.1, -0.05) is 48.0 Å². The second-order valence-corrected chi connectivity index (χ2v) is 10.9. The molecule has 10 nitrogen and oxygen atoms in total. The van der Waals surface area contributed by atoms with Crippen LogP contribution in [0.1, 0.15) is 30.5 Å². The number of urea groups is 1. The Labute approximate surface area is 255 Å². The number of carbonyl (C=O) groups is 3. The van der Waals surface area contributed by atoms with Crippen LogP contribution < -0.4 is 10.6 Å². The summed E-state index contributed by atoms with van der Waals surface area (Å²) in [5.41, 5.74) is 1.18. The molecule has 0 unspecified atom stereocenters. The first kappa shape index (κ1) is 32.1. The molecule has 0 aliphatic carbocycles. The summed E-state index contributed by atoms with van der Waals surface area (Å²) in [6.45, 7) is 1.30. The summed E-state index contributed by atoms with van der Waals surface area (Å²) >= 11 is 6.02. The molecular formula is C31H37ClFN5O5. The highest BCUT2D eigenvalue weighted by Gasteiger charge is 2.26. The minimum Gasteiger partial charge on any atom is -0.463 e. The molecule has 1 saturated heterocycles. The zero-order valence-electron chi connectivity index (χ0n) is 24.1. The third kappa shape index (κ3) is 9.09. The number of halogens is 2. The Balaban J connectivity index is 1.35. The third-order valence-corrected chi connectivity index (χ3v) is 7.98. The molecule has 1 aromatic heterocycles. The van der Waals surface area contributed by atoms with Gasteiger partial charge in [0.15, 0.2) is 0 Å². The molecule has 3 amide bonds. The molecule has 0 spiro atoms.